The number of nitrogens with two attached hydrogens (primary N) is 1. The van der Waals surface area contributed by atoms with E-state index < -0.39 is 11.7 Å². The number of nitrogens with one attached hydrogen (secondary N) is 1. The molecule has 4 aromatic rings. The zero-order valence-electron chi connectivity index (χ0n) is 15.7. The van der Waals surface area contributed by atoms with E-state index in [1.54, 1.807) is 36.3 Å². The lowest BCUT2D eigenvalue weighted by atomic mass is 9.94. The number of alkyl halides is 3. The van der Waals surface area contributed by atoms with E-state index in [0.29, 0.717) is 29.6 Å². The van der Waals surface area contributed by atoms with Crippen molar-refractivity contribution < 1.29 is 13.2 Å². The molecule has 0 aliphatic carbocycles. The van der Waals surface area contributed by atoms with Crippen LogP contribution >= 0.6 is 0 Å². The van der Waals surface area contributed by atoms with Gasteiger partial charge in [-0.3, -0.25) is 14.8 Å². The van der Waals surface area contributed by atoms with Gasteiger partial charge in [0.2, 0.25) is 0 Å². The Kier molecular flexibility index (Phi) is 4.83. The molecule has 0 atom stereocenters. The molecule has 3 aromatic heterocycles. The molecule has 0 saturated carbocycles. The van der Waals surface area contributed by atoms with Crippen molar-refractivity contribution in [1.29, 1.82) is 0 Å². The maximum Gasteiger partial charge on any atom is 0.417 e. The van der Waals surface area contributed by atoms with Gasteiger partial charge in [0, 0.05) is 29.8 Å². The largest absolute Gasteiger partial charge is 0.417 e. The van der Waals surface area contributed by atoms with Crippen molar-refractivity contribution in [2.24, 2.45) is 12.8 Å². The third-order valence-corrected chi connectivity index (χ3v) is 4.79. The highest BCUT2D eigenvalue weighted by Crippen LogP contribution is 2.40. The van der Waals surface area contributed by atoms with Crippen molar-refractivity contribution in [3.63, 3.8) is 0 Å². The van der Waals surface area contributed by atoms with Crippen LogP contribution < -0.4 is 5.73 Å². The molecule has 0 bridgehead atoms. The molecule has 0 radical (unpaired) electrons. The highest BCUT2D eigenvalue weighted by atomic mass is 19.4. The number of pyridine rings is 1. The van der Waals surface area contributed by atoms with Gasteiger partial charge in [-0.15, -0.1) is 0 Å². The molecular weight excluding hydrogens is 381 g/mol. The summed E-state index contributed by atoms with van der Waals surface area (Å²) < 4.78 is 43.4. The van der Waals surface area contributed by atoms with Gasteiger partial charge in [-0.05, 0) is 31.0 Å². The van der Waals surface area contributed by atoms with E-state index in [-0.39, 0.29) is 23.2 Å². The zero-order chi connectivity index (χ0) is 20.6. The first kappa shape index (κ1) is 19.1. The fourth-order valence-electron chi connectivity index (χ4n) is 3.48. The van der Waals surface area contributed by atoms with Crippen molar-refractivity contribution in [1.82, 2.24) is 25.0 Å². The van der Waals surface area contributed by atoms with Crippen LogP contribution in [0, 0.1) is 0 Å². The summed E-state index contributed by atoms with van der Waals surface area (Å²) in [6.07, 6.45) is 1.19. The Morgan fingerprint density at radius 2 is 2.03 bits per heavy atom. The zero-order valence-corrected chi connectivity index (χ0v) is 15.7. The number of benzene rings is 1. The Morgan fingerprint density at radius 1 is 1.21 bits per heavy atom. The van der Waals surface area contributed by atoms with Gasteiger partial charge in [0.25, 0.3) is 0 Å². The molecule has 150 valence electrons. The quantitative estimate of drug-likeness (QED) is 0.531. The van der Waals surface area contributed by atoms with E-state index in [1.807, 2.05) is 0 Å². The SMILES string of the molecule is Cn1cc(-c2n[nH]c3cnc(-c4cccc(CCCN)c4C(F)(F)F)cc23)cn1. The van der Waals surface area contributed by atoms with Crippen LogP contribution in [0.25, 0.3) is 33.4 Å². The lowest BCUT2D eigenvalue weighted by Crippen LogP contribution is -2.13. The van der Waals surface area contributed by atoms with Gasteiger partial charge in [0.15, 0.2) is 0 Å². The number of hydrogen-bond acceptors (Lipinski definition) is 4. The van der Waals surface area contributed by atoms with Crippen molar-refractivity contribution in [2.45, 2.75) is 19.0 Å². The number of rotatable bonds is 5. The van der Waals surface area contributed by atoms with Crippen LogP contribution in [0.5, 0.6) is 0 Å². The molecule has 1 aromatic carbocycles. The lowest BCUT2D eigenvalue weighted by molar-refractivity contribution is -0.137. The summed E-state index contributed by atoms with van der Waals surface area (Å²) in [6, 6.07) is 6.21. The van der Waals surface area contributed by atoms with Gasteiger partial charge in [-0.2, -0.15) is 23.4 Å². The molecule has 0 unspecified atom stereocenters. The number of aromatic amines is 1. The molecule has 0 saturated heterocycles. The van der Waals surface area contributed by atoms with E-state index in [4.69, 9.17) is 5.73 Å². The smallest absolute Gasteiger partial charge is 0.330 e. The second-order valence-corrected chi connectivity index (χ2v) is 6.82. The van der Waals surface area contributed by atoms with E-state index in [1.165, 1.54) is 18.3 Å². The Labute approximate surface area is 164 Å². The summed E-state index contributed by atoms with van der Waals surface area (Å²) in [6.45, 7) is 0.329. The van der Waals surface area contributed by atoms with Gasteiger partial charge in [-0.25, -0.2) is 0 Å². The predicted molar refractivity (Wildman–Crippen MR) is 104 cm³/mol. The summed E-state index contributed by atoms with van der Waals surface area (Å²) in [5, 5.41) is 12.0. The number of nitrogens with zero attached hydrogens (tertiary/aromatic N) is 4. The lowest BCUT2D eigenvalue weighted by Gasteiger charge is -2.17. The predicted octanol–water partition coefficient (Wildman–Crippen LogP) is 3.94. The second kappa shape index (κ2) is 7.32. The molecule has 0 aliphatic rings. The Balaban J connectivity index is 1.88. The fourth-order valence-corrected chi connectivity index (χ4v) is 3.48. The average Bonchev–Trinajstić information content (AvgIpc) is 3.30. The van der Waals surface area contributed by atoms with Crippen molar-refractivity contribution >= 4 is 10.9 Å². The van der Waals surface area contributed by atoms with Crippen molar-refractivity contribution in [2.75, 3.05) is 6.54 Å². The van der Waals surface area contributed by atoms with Crippen LogP contribution in [0.15, 0.2) is 42.9 Å². The highest BCUT2D eigenvalue weighted by Gasteiger charge is 2.36. The number of aryl methyl sites for hydroxylation is 2. The molecule has 0 amide bonds. The number of fused-ring (bicyclic) bond motifs is 1. The van der Waals surface area contributed by atoms with Crippen molar-refractivity contribution in [3.8, 4) is 22.5 Å². The molecular formula is C20H19F3N6. The van der Waals surface area contributed by atoms with Gasteiger partial charge in [0.1, 0.15) is 5.69 Å². The Morgan fingerprint density at radius 3 is 2.72 bits per heavy atom. The first-order chi connectivity index (χ1) is 13.9. The van der Waals surface area contributed by atoms with Gasteiger partial charge in [-0.1, -0.05) is 18.2 Å². The van der Waals surface area contributed by atoms with E-state index >= 15 is 0 Å². The summed E-state index contributed by atoms with van der Waals surface area (Å²) >= 11 is 0. The first-order valence-corrected chi connectivity index (χ1v) is 9.11. The normalized spacial score (nSPS) is 12.0. The highest BCUT2D eigenvalue weighted by molar-refractivity contribution is 5.94. The maximum atomic E-state index is 13.9. The topological polar surface area (TPSA) is 85.4 Å². The molecule has 0 fully saturated rings. The Hall–Kier alpha value is -3.20. The number of aromatic nitrogens is 5. The van der Waals surface area contributed by atoms with Gasteiger partial charge in [0.05, 0.1) is 29.2 Å². The van der Waals surface area contributed by atoms with Crippen LogP contribution in [0.3, 0.4) is 0 Å². The van der Waals surface area contributed by atoms with E-state index in [2.05, 4.69) is 20.3 Å². The van der Waals surface area contributed by atoms with Crippen LogP contribution in [0.2, 0.25) is 0 Å². The molecule has 3 N–H and O–H groups in total. The summed E-state index contributed by atoms with van der Waals surface area (Å²) in [5.74, 6) is 0. The van der Waals surface area contributed by atoms with E-state index in [9.17, 15) is 13.2 Å². The summed E-state index contributed by atoms with van der Waals surface area (Å²) in [7, 11) is 1.79. The summed E-state index contributed by atoms with van der Waals surface area (Å²) in [5.41, 5.74) is 7.37. The molecule has 3 heterocycles. The Bertz CT molecular complexity index is 1160. The first-order valence-electron chi connectivity index (χ1n) is 9.11. The third-order valence-electron chi connectivity index (χ3n) is 4.79. The summed E-state index contributed by atoms with van der Waals surface area (Å²) in [4.78, 5) is 4.27. The number of H-pyrrole nitrogens is 1. The molecule has 9 heteroatoms. The van der Waals surface area contributed by atoms with Crippen LogP contribution in [-0.2, 0) is 19.6 Å². The second-order valence-electron chi connectivity index (χ2n) is 6.82. The minimum absolute atomic E-state index is 0.0484. The molecule has 4 rings (SSSR count). The number of hydrogen-bond donors (Lipinski definition) is 2. The van der Waals surface area contributed by atoms with Crippen LogP contribution in [0.1, 0.15) is 17.5 Å². The van der Waals surface area contributed by atoms with Crippen molar-refractivity contribution in [3.05, 3.63) is 54.0 Å². The maximum absolute atomic E-state index is 13.9. The fraction of sp³-hybridized carbons (Fsp3) is 0.250. The van der Waals surface area contributed by atoms with Gasteiger partial charge < -0.3 is 5.73 Å². The monoisotopic (exact) mass is 400 g/mol. The molecule has 0 spiro atoms. The number of halogens is 3. The van der Waals surface area contributed by atoms with Crippen LogP contribution in [0.4, 0.5) is 13.2 Å². The average molecular weight is 400 g/mol. The molecule has 29 heavy (non-hydrogen) atoms. The minimum Gasteiger partial charge on any atom is -0.330 e. The minimum atomic E-state index is -4.50. The molecule has 0 aliphatic heterocycles. The van der Waals surface area contributed by atoms with Crippen LogP contribution in [-0.4, -0.2) is 31.5 Å². The van der Waals surface area contributed by atoms with Gasteiger partial charge >= 0.3 is 6.18 Å². The van der Waals surface area contributed by atoms with E-state index in [0.717, 1.165) is 5.56 Å². The standard InChI is InChI=1S/C20H19F3N6/c1-29-11-13(9-26-29)19-15-8-16(25-10-17(15)27-28-19)14-6-2-4-12(5-3-7-24)18(14)20(21,22)23/h2,4,6,8-11H,3,5,7,24H2,1H3,(H,27,28). The third kappa shape index (κ3) is 3.61. The molecule has 6 nitrogen and oxygen atoms in total.